The van der Waals surface area contributed by atoms with Crippen molar-refractivity contribution < 1.29 is 4.79 Å². The number of anilines is 3. The minimum atomic E-state index is 0.0794. The van der Waals surface area contributed by atoms with E-state index in [2.05, 4.69) is 25.5 Å². The Morgan fingerprint density at radius 3 is 2.61 bits per heavy atom. The number of carbonyl (C=O) groups is 1. The van der Waals surface area contributed by atoms with E-state index in [9.17, 15) is 4.79 Å². The fourth-order valence-electron chi connectivity index (χ4n) is 3.85. The number of H-pyrrole nitrogens is 1. The topological polar surface area (TPSA) is 94.5 Å². The highest BCUT2D eigenvalue weighted by molar-refractivity contribution is 5.95. The molecule has 9 nitrogen and oxygen atoms in total. The number of amides is 1. The molecule has 9 heteroatoms. The van der Waals surface area contributed by atoms with Gasteiger partial charge in [-0.3, -0.25) is 9.89 Å². The molecule has 31 heavy (non-hydrogen) atoms. The molecular weight excluding hydrogens is 392 g/mol. The number of carbonyl (C=O) groups excluding carboxylic acids is 1. The molecular formula is C22H24N8O. The van der Waals surface area contributed by atoms with Crippen molar-refractivity contribution in [1.29, 1.82) is 0 Å². The average Bonchev–Trinajstić information content (AvgIpc) is 3.42. The Hall–Kier alpha value is -3.88. The second-order valence-electron chi connectivity index (χ2n) is 7.75. The maximum absolute atomic E-state index is 12.9. The van der Waals surface area contributed by atoms with Crippen LogP contribution in [0.4, 0.5) is 17.6 Å². The maximum atomic E-state index is 12.9. The molecule has 0 aliphatic carbocycles. The van der Waals surface area contributed by atoms with Crippen molar-refractivity contribution in [3.63, 3.8) is 0 Å². The van der Waals surface area contributed by atoms with Crippen LogP contribution in [0.2, 0.25) is 0 Å². The zero-order valence-electron chi connectivity index (χ0n) is 17.5. The second-order valence-corrected chi connectivity index (χ2v) is 7.75. The number of fused-ring (bicyclic) bond motifs is 1. The zero-order chi connectivity index (χ0) is 21.4. The fourth-order valence-corrected chi connectivity index (χ4v) is 3.85. The molecule has 0 bridgehead atoms. The predicted molar refractivity (Wildman–Crippen MR) is 119 cm³/mol. The van der Waals surface area contributed by atoms with Crippen LogP contribution in [0.25, 0.3) is 5.52 Å². The summed E-state index contributed by atoms with van der Waals surface area (Å²) in [4.78, 5) is 21.7. The summed E-state index contributed by atoms with van der Waals surface area (Å²) >= 11 is 0. The molecule has 0 radical (unpaired) electrons. The third-order valence-corrected chi connectivity index (χ3v) is 5.56. The number of aromatic nitrogens is 5. The number of piperazine rings is 1. The zero-order valence-corrected chi connectivity index (χ0v) is 17.5. The molecule has 1 aliphatic heterocycles. The third-order valence-electron chi connectivity index (χ3n) is 5.56. The normalized spacial score (nSPS) is 14.3. The number of nitrogens with one attached hydrogen (secondary N) is 2. The molecule has 1 saturated heterocycles. The van der Waals surface area contributed by atoms with Crippen LogP contribution in [0.5, 0.6) is 0 Å². The van der Waals surface area contributed by atoms with Gasteiger partial charge in [-0.1, -0.05) is 18.2 Å². The van der Waals surface area contributed by atoms with Crippen LogP contribution in [0, 0.1) is 13.8 Å². The lowest BCUT2D eigenvalue weighted by molar-refractivity contribution is 0.0745. The highest BCUT2D eigenvalue weighted by Gasteiger charge is 2.25. The van der Waals surface area contributed by atoms with Gasteiger partial charge in [0, 0.05) is 49.7 Å². The van der Waals surface area contributed by atoms with Gasteiger partial charge in [-0.2, -0.15) is 10.1 Å². The molecule has 0 unspecified atom stereocenters. The first-order valence-corrected chi connectivity index (χ1v) is 10.3. The number of hydrogen-bond donors (Lipinski definition) is 2. The Kier molecular flexibility index (Phi) is 4.78. The van der Waals surface area contributed by atoms with E-state index in [1.165, 1.54) is 0 Å². The van der Waals surface area contributed by atoms with Gasteiger partial charge in [0.15, 0.2) is 11.6 Å². The summed E-state index contributed by atoms with van der Waals surface area (Å²) in [5.74, 6) is 2.11. The van der Waals surface area contributed by atoms with E-state index in [0.717, 1.165) is 22.3 Å². The van der Waals surface area contributed by atoms with Crippen LogP contribution in [0.3, 0.4) is 0 Å². The Labute approximate surface area is 179 Å². The lowest BCUT2D eigenvalue weighted by atomic mass is 10.1. The van der Waals surface area contributed by atoms with Crippen molar-refractivity contribution in [3.8, 4) is 0 Å². The summed E-state index contributed by atoms with van der Waals surface area (Å²) in [5.41, 5.74) is 3.61. The highest BCUT2D eigenvalue weighted by atomic mass is 16.2. The predicted octanol–water partition coefficient (Wildman–Crippen LogP) is 2.78. The van der Waals surface area contributed by atoms with Gasteiger partial charge in [-0.05, 0) is 37.6 Å². The van der Waals surface area contributed by atoms with Gasteiger partial charge < -0.3 is 15.1 Å². The number of rotatable bonds is 4. The molecule has 1 aromatic carbocycles. The van der Waals surface area contributed by atoms with E-state index in [0.29, 0.717) is 43.8 Å². The van der Waals surface area contributed by atoms with Crippen molar-refractivity contribution in [2.75, 3.05) is 36.4 Å². The summed E-state index contributed by atoms with van der Waals surface area (Å²) < 4.78 is 1.81. The third kappa shape index (κ3) is 3.70. The molecule has 3 aromatic heterocycles. The van der Waals surface area contributed by atoms with Crippen molar-refractivity contribution in [3.05, 3.63) is 65.5 Å². The summed E-state index contributed by atoms with van der Waals surface area (Å²) in [5, 5.41) is 15.1. The Balaban J connectivity index is 1.35. The second kappa shape index (κ2) is 7.75. The van der Waals surface area contributed by atoms with Gasteiger partial charge in [0.1, 0.15) is 5.52 Å². The number of aromatic amines is 1. The summed E-state index contributed by atoms with van der Waals surface area (Å²) in [6, 6.07) is 13.6. The van der Waals surface area contributed by atoms with E-state index in [-0.39, 0.29) is 5.91 Å². The molecule has 1 fully saturated rings. The van der Waals surface area contributed by atoms with E-state index in [4.69, 9.17) is 4.98 Å². The Morgan fingerprint density at radius 2 is 1.87 bits per heavy atom. The van der Waals surface area contributed by atoms with Gasteiger partial charge in [-0.25, -0.2) is 4.52 Å². The lowest BCUT2D eigenvalue weighted by Crippen LogP contribution is -2.49. The number of hydrogen-bond acceptors (Lipinski definition) is 6. The van der Waals surface area contributed by atoms with E-state index < -0.39 is 0 Å². The van der Waals surface area contributed by atoms with Crippen LogP contribution < -0.4 is 10.2 Å². The molecule has 5 rings (SSSR count). The highest BCUT2D eigenvalue weighted by Crippen LogP contribution is 2.23. The van der Waals surface area contributed by atoms with Crippen LogP contribution in [-0.4, -0.2) is 61.8 Å². The Bertz CT molecular complexity index is 1240. The molecule has 158 valence electrons. The first-order valence-electron chi connectivity index (χ1n) is 10.3. The molecule has 4 heterocycles. The van der Waals surface area contributed by atoms with Crippen molar-refractivity contribution >= 4 is 29.0 Å². The van der Waals surface area contributed by atoms with Gasteiger partial charge in [0.05, 0.1) is 0 Å². The molecule has 1 aliphatic rings. The summed E-state index contributed by atoms with van der Waals surface area (Å²) in [6.45, 7) is 6.52. The van der Waals surface area contributed by atoms with Crippen LogP contribution in [0.1, 0.15) is 21.6 Å². The van der Waals surface area contributed by atoms with Gasteiger partial charge in [0.25, 0.3) is 5.91 Å². The smallest absolute Gasteiger partial charge is 0.254 e. The van der Waals surface area contributed by atoms with Crippen molar-refractivity contribution in [2.45, 2.75) is 13.8 Å². The average molecular weight is 416 g/mol. The minimum Gasteiger partial charge on any atom is -0.336 e. The molecule has 0 saturated carbocycles. The standard InChI is InChI=1S/C22H24N8O/c1-15-6-3-4-7-17(15)21(31)28-10-12-29(13-11-28)22-24-20(18-8-5-9-30(18)27-22)23-19-14-16(2)25-26-19/h3-9,14H,10-13H2,1-2H3,(H2,23,24,25,26,27). The van der Waals surface area contributed by atoms with E-state index in [1.54, 1.807) is 0 Å². The molecule has 2 N–H and O–H groups in total. The van der Waals surface area contributed by atoms with Crippen LogP contribution in [0.15, 0.2) is 48.7 Å². The first kappa shape index (κ1) is 19.1. The minimum absolute atomic E-state index is 0.0794. The molecule has 1 amide bonds. The lowest BCUT2D eigenvalue weighted by Gasteiger charge is -2.35. The largest absolute Gasteiger partial charge is 0.336 e. The van der Waals surface area contributed by atoms with E-state index >= 15 is 0 Å². The SMILES string of the molecule is Cc1cc(Nc2nc(N3CCN(C(=O)c4ccccc4C)CC3)nn3cccc23)n[nH]1. The fraction of sp³-hybridized carbons (Fsp3) is 0.273. The van der Waals surface area contributed by atoms with Crippen LogP contribution in [-0.2, 0) is 0 Å². The first-order chi connectivity index (χ1) is 15.1. The quantitative estimate of drug-likeness (QED) is 0.531. The van der Waals surface area contributed by atoms with Crippen molar-refractivity contribution in [2.24, 2.45) is 0 Å². The van der Waals surface area contributed by atoms with Crippen LogP contribution >= 0.6 is 0 Å². The van der Waals surface area contributed by atoms with Gasteiger partial charge in [0.2, 0.25) is 5.95 Å². The number of aryl methyl sites for hydroxylation is 2. The van der Waals surface area contributed by atoms with Gasteiger partial charge in [-0.15, -0.1) is 5.10 Å². The molecule has 4 aromatic rings. The number of benzene rings is 1. The molecule has 0 spiro atoms. The molecule has 0 atom stereocenters. The summed E-state index contributed by atoms with van der Waals surface area (Å²) in [6.07, 6.45) is 1.90. The van der Waals surface area contributed by atoms with Crippen molar-refractivity contribution in [1.82, 2.24) is 29.7 Å². The number of nitrogens with zero attached hydrogens (tertiary/aromatic N) is 6. The van der Waals surface area contributed by atoms with Gasteiger partial charge >= 0.3 is 0 Å². The maximum Gasteiger partial charge on any atom is 0.254 e. The Morgan fingerprint density at radius 1 is 1.06 bits per heavy atom. The van der Waals surface area contributed by atoms with E-state index in [1.807, 2.05) is 71.9 Å². The monoisotopic (exact) mass is 416 g/mol. The summed E-state index contributed by atoms with van der Waals surface area (Å²) in [7, 11) is 0.